The largest absolute Gasteiger partial charge is 0.0885 e. The van der Waals surface area contributed by atoms with Gasteiger partial charge in [-0.05, 0) is 56.4 Å². The van der Waals surface area contributed by atoms with Gasteiger partial charge in [0.15, 0.2) is 0 Å². The van der Waals surface area contributed by atoms with Crippen molar-refractivity contribution in [1.82, 2.24) is 0 Å². The van der Waals surface area contributed by atoms with E-state index in [1.165, 1.54) is 37.7 Å². The Morgan fingerprint density at radius 2 is 1.71 bits per heavy atom. The Morgan fingerprint density at radius 3 is 2.29 bits per heavy atom. The zero-order valence-corrected chi connectivity index (χ0v) is 11.2. The molecule has 17 heavy (non-hydrogen) atoms. The van der Waals surface area contributed by atoms with Crippen molar-refractivity contribution < 1.29 is 0 Å². The molecule has 1 fully saturated rings. The summed E-state index contributed by atoms with van der Waals surface area (Å²) in [6.45, 7) is 4.38. The molecule has 0 heterocycles. The molecule has 1 aromatic rings. The molecule has 0 aromatic heterocycles. The number of benzene rings is 1. The van der Waals surface area contributed by atoms with Crippen LogP contribution in [0.2, 0.25) is 0 Å². The molecule has 92 valence electrons. The topological polar surface area (TPSA) is 0 Å². The summed E-state index contributed by atoms with van der Waals surface area (Å²) in [6.07, 6.45) is 11.4. The molecule has 0 aliphatic heterocycles. The molecule has 0 spiro atoms. The molecule has 0 bridgehead atoms. The molecule has 0 N–H and O–H groups in total. The summed E-state index contributed by atoms with van der Waals surface area (Å²) >= 11 is 0. The SMILES string of the molecule is CC/C=C/C1CCC(c2ccc(C)cc2)CC1. The fraction of sp³-hybridized carbons (Fsp3) is 0.529. The summed E-state index contributed by atoms with van der Waals surface area (Å²) in [5.41, 5.74) is 2.92. The Morgan fingerprint density at radius 1 is 1.06 bits per heavy atom. The molecule has 2 rings (SSSR count). The van der Waals surface area contributed by atoms with Gasteiger partial charge in [0.05, 0.1) is 0 Å². The van der Waals surface area contributed by atoms with Crippen LogP contribution in [-0.2, 0) is 0 Å². The van der Waals surface area contributed by atoms with Gasteiger partial charge in [-0.2, -0.15) is 0 Å². The third-order valence-corrected chi connectivity index (χ3v) is 3.96. The first-order valence-corrected chi connectivity index (χ1v) is 7.03. The molecule has 1 aromatic carbocycles. The van der Waals surface area contributed by atoms with Crippen molar-refractivity contribution in [2.75, 3.05) is 0 Å². The average molecular weight is 228 g/mol. The maximum Gasteiger partial charge on any atom is -0.0162 e. The number of hydrogen-bond donors (Lipinski definition) is 0. The summed E-state index contributed by atoms with van der Waals surface area (Å²) in [7, 11) is 0. The lowest BCUT2D eigenvalue weighted by atomic mass is 9.78. The third kappa shape index (κ3) is 3.46. The Balaban J connectivity index is 1.90. The van der Waals surface area contributed by atoms with Crippen molar-refractivity contribution >= 4 is 0 Å². The standard InChI is InChI=1S/C17H24/c1-3-4-5-15-8-12-17(13-9-15)16-10-6-14(2)7-11-16/h4-7,10-11,15,17H,3,8-9,12-13H2,1-2H3/b5-4+. The van der Waals surface area contributed by atoms with Crippen molar-refractivity contribution in [3.8, 4) is 0 Å². The van der Waals surface area contributed by atoms with Crippen LogP contribution < -0.4 is 0 Å². The van der Waals surface area contributed by atoms with Crippen LogP contribution >= 0.6 is 0 Å². The molecule has 1 saturated carbocycles. The summed E-state index contributed by atoms with van der Waals surface area (Å²) in [4.78, 5) is 0. The van der Waals surface area contributed by atoms with E-state index in [0.717, 1.165) is 11.8 Å². The van der Waals surface area contributed by atoms with Gasteiger partial charge in [-0.25, -0.2) is 0 Å². The zero-order valence-electron chi connectivity index (χ0n) is 11.2. The first-order chi connectivity index (χ1) is 8.29. The van der Waals surface area contributed by atoms with Gasteiger partial charge in [-0.15, -0.1) is 0 Å². The number of rotatable bonds is 3. The average Bonchev–Trinajstić information content (AvgIpc) is 2.38. The van der Waals surface area contributed by atoms with Crippen molar-refractivity contribution in [1.29, 1.82) is 0 Å². The van der Waals surface area contributed by atoms with E-state index in [-0.39, 0.29) is 0 Å². The van der Waals surface area contributed by atoms with E-state index < -0.39 is 0 Å². The highest BCUT2D eigenvalue weighted by Crippen LogP contribution is 2.36. The lowest BCUT2D eigenvalue weighted by Gasteiger charge is -2.27. The summed E-state index contributed by atoms with van der Waals surface area (Å²) in [5, 5.41) is 0. The minimum atomic E-state index is 0.807. The monoisotopic (exact) mass is 228 g/mol. The van der Waals surface area contributed by atoms with E-state index in [4.69, 9.17) is 0 Å². The van der Waals surface area contributed by atoms with Crippen LogP contribution in [0.25, 0.3) is 0 Å². The molecule has 0 radical (unpaired) electrons. The van der Waals surface area contributed by atoms with Gasteiger partial charge in [0.2, 0.25) is 0 Å². The lowest BCUT2D eigenvalue weighted by Crippen LogP contribution is -2.11. The minimum Gasteiger partial charge on any atom is -0.0885 e. The molecular weight excluding hydrogens is 204 g/mol. The van der Waals surface area contributed by atoms with Crippen LogP contribution in [0.3, 0.4) is 0 Å². The van der Waals surface area contributed by atoms with Crippen LogP contribution in [0.1, 0.15) is 56.1 Å². The van der Waals surface area contributed by atoms with Crippen LogP contribution in [0.4, 0.5) is 0 Å². The van der Waals surface area contributed by atoms with Crippen LogP contribution in [0.5, 0.6) is 0 Å². The molecule has 0 unspecified atom stereocenters. The zero-order chi connectivity index (χ0) is 12.1. The Kier molecular flexibility index (Phi) is 4.42. The minimum absolute atomic E-state index is 0.807. The Bertz CT molecular complexity index is 350. The van der Waals surface area contributed by atoms with Crippen molar-refractivity contribution in [3.63, 3.8) is 0 Å². The van der Waals surface area contributed by atoms with Gasteiger partial charge in [0.25, 0.3) is 0 Å². The number of aryl methyl sites for hydroxylation is 1. The van der Waals surface area contributed by atoms with E-state index in [1.54, 1.807) is 5.56 Å². The molecule has 0 nitrogen and oxygen atoms in total. The van der Waals surface area contributed by atoms with Gasteiger partial charge in [0.1, 0.15) is 0 Å². The number of allylic oxidation sites excluding steroid dienone is 2. The highest BCUT2D eigenvalue weighted by Gasteiger charge is 2.20. The Labute approximate surface area is 106 Å². The van der Waals surface area contributed by atoms with Crippen LogP contribution in [0, 0.1) is 12.8 Å². The van der Waals surface area contributed by atoms with Gasteiger partial charge < -0.3 is 0 Å². The predicted octanol–water partition coefficient (Wildman–Crippen LogP) is 5.24. The quantitative estimate of drug-likeness (QED) is 0.621. The van der Waals surface area contributed by atoms with Gasteiger partial charge >= 0.3 is 0 Å². The number of hydrogen-bond acceptors (Lipinski definition) is 0. The van der Waals surface area contributed by atoms with Crippen molar-refractivity contribution in [2.45, 2.75) is 51.9 Å². The Hall–Kier alpha value is -1.04. The summed E-state index contributed by atoms with van der Waals surface area (Å²) in [6, 6.07) is 9.14. The van der Waals surface area contributed by atoms with Gasteiger partial charge in [0, 0.05) is 0 Å². The maximum atomic E-state index is 2.44. The van der Waals surface area contributed by atoms with Crippen LogP contribution in [-0.4, -0.2) is 0 Å². The second-order valence-electron chi connectivity index (χ2n) is 5.36. The van der Waals surface area contributed by atoms with Gasteiger partial charge in [-0.3, -0.25) is 0 Å². The van der Waals surface area contributed by atoms with E-state index in [2.05, 4.69) is 50.3 Å². The molecule has 1 aliphatic rings. The lowest BCUT2D eigenvalue weighted by molar-refractivity contribution is 0.375. The summed E-state index contributed by atoms with van der Waals surface area (Å²) in [5.74, 6) is 1.65. The summed E-state index contributed by atoms with van der Waals surface area (Å²) < 4.78 is 0. The fourth-order valence-corrected chi connectivity index (χ4v) is 2.81. The first-order valence-electron chi connectivity index (χ1n) is 7.03. The van der Waals surface area contributed by atoms with E-state index in [0.29, 0.717) is 0 Å². The second kappa shape index (κ2) is 6.05. The smallest absolute Gasteiger partial charge is 0.0162 e. The molecule has 0 heteroatoms. The van der Waals surface area contributed by atoms with E-state index in [1.807, 2.05) is 0 Å². The highest BCUT2D eigenvalue weighted by atomic mass is 14.2. The predicted molar refractivity (Wildman–Crippen MR) is 75.3 cm³/mol. The fourth-order valence-electron chi connectivity index (χ4n) is 2.81. The second-order valence-corrected chi connectivity index (χ2v) is 5.36. The third-order valence-electron chi connectivity index (χ3n) is 3.96. The van der Waals surface area contributed by atoms with Crippen LogP contribution in [0.15, 0.2) is 36.4 Å². The molecule has 0 atom stereocenters. The van der Waals surface area contributed by atoms with Crippen molar-refractivity contribution in [3.05, 3.63) is 47.5 Å². The van der Waals surface area contributed by atoms with Gasteiger partial charge in [-0.1, -0.05) is 48.9 Å². The van der Waals surface area contributed by atoms with E-state index in [9.17, 15) is 0 Å². The molecule has 1 aliphatic carbocycles. The molecule has 0 amide bonds. The molecule has 0 saturated heterocycles. The van der Waals surface area contributed by atoms with Crippen molar-refractivity contribution in [2.24, 2.45) is 5.92 Å². The maximum absolute atomic E-state index is 2.44. The normalized spacial score (nSPS) is 25.3. The molecular formula is C17H24. The highest BCUT2D eigenvalue weighted by molar-refractivity contribution is 5.25. The van der Waals surface area contributed by atoms with E-state index >= 15 is 0 Å². The first kappa shape index (κ1) is 12.4.